The van der Waals surface area contributed by atoms with Gasteiger partial charge in [0.2, 0.25) is 5.91 Å². The van der Waals surface area contributed by atoms with Gasteiger partial charge in [0.15, 0.2) is 5.65 Å². The molecule has 1 atom stereocenters. The molecular formula is C54H55FN8O5. The Morgan fingerprint density at radius 1 is 0.838 bits per heavy atom. The average Bonchev–Trinajstić information content (AvgIpc) is 3.88. The van der Waals surface area contributed by atoms with Crippen LogP contribution < -0.4 is 9.64 Å². The van der Waals surface area contributed by atoms with E-state index in [1.54, 1.807) is 39.0 Å². The lowest BCUT2D eigenvalue weighted by Gasteiger charge is -2.36. The highest BCUT2D eigenvalue weighted by molar-refractivity contribution is 6.16. The maximum atomic E-state index is 15.5. The third-order valence-corrected chi connectivity index (χ3v) is 13.9. The van der Waals surface area contributed by atoms with E-state index in [9.17, 15) is 4.79 Å². The second kappa shape index (κ2) is 18.8. The molecule has 0 bridgehead atoms. The van der Waals surface area contributed by atoms with Crippen molar-refractivity contribution in [2.45, 2.75) is 52.2 Å². The van der Waals surface area contributed by atoms with E-state index in [1.165, 1.54) is 11.6 Å². The number of carbonyl (C=O) groups excluding carboxylic acids is 3. The van der Waals surface area contributed by atoms with Crippen LogP contribution >= 0.6 is 0 Å². The van der Waals surface area contributed by atoms with Crippen molar-refractivity contribution in [1.82, 2.24) is 34.0 Å². The standard InChI is InChI=1S/C54H55FN8O5/c1-35-24-37-10-8-9-11-40(37)33-62(35)53(65)47-27-42-32-61(50(64)28-39-14-15-45(29-49(39)55)68-23-20-60-18-21-67-22-19-60)17-16-38(42)26-46(47)48-34-58(3)36(2)51(48)54(66)63(43-12-6-5-7-13-43)44-25-41-30-57-59(4)52(41)56-31-44/h5-15,25-27,29-31,34-35H,16-24,28,32-33H2,1-4H3/t35-/m1/s1. The number of rotatable bonds is 11. The molecule has 13 nitrogen and oxygen atoms in total. The number of anilines is 2. The number of hydrogen-bond donors (Lipinski definition) is 0. The predicted octanol–water partition coefficient (Wildman–Crippen LogP) is 7.83. The van der Waals surface area contributed by atoms with Crippen molar-refractivity contribution >= 4 is 40.1 Å². The highest BCUT2D eigenvalue weighted by Gasteiger charge is 2.34. The largest absolute Gasteiger partial charge is 0.492 e. The fourth-order valence-corrected chi connectivity index (χ4v) is 9.91. The molecule has 0 radical (unpaired) electrons. The van der Waals surface area contributed by atoms with E-state index in [1.807, 2.05) is 97.3 Å². The maximum Gasteiger partial charge on any atom is 0.265 e. The molecule has 3 aliphatic heterocycles. The van der Waals surface area contributed by atoms with E-state index >= 15 is 14.0 Å². The Kier molecular flexibility index (Phi) is 12.4. The molecule has 0 saturated carbocycles. The Hall–Kier alpha value is -7.16. The summed E-state index contributed by atoms with van der Waals surface area (Å²) in [5.74, 6) is -0.707. The van der Waals surface area contributed by atoms with Gasteiger partial charge in [-0.2, -0.15) is 5.10 Å². The molecule has 0 aliphatic carbocycles. The molecular weight excluding hydrogens is 860 g/mol. The number of halogens is 1. The van der Waals surface area contributed by atoms with Crippen LogP contribution in [0, 0.1) is 12.7 Å². The van der Waals surface area contributed by atoms with Gasteiger partial charge in [-0.25, -0.2) is 9.37 Å². The van der Waals surface area contributed by atoms with Crippen LogP contribution in [0.4, 0.5) is 15.8 Å². The van der Waals surface area contributed by atoms with Gasteiger partial charge in [0.25, 0.3) is 11.8 Å². The van der Waals surface area contributed by atoms with Gasteiger partial charge in [-0.15, -0.1) is 0 Å². The topological polar surface area (TPSA) is 118 Å². The van der Waals surface area contributed by atoms with Crippen LogP contribution in [0.3, 0.4) is 0 Å². The summed E-state index contributed by atoms with van der Waals surface area (Å²) in [6.45, 7) is 9.33. The first kappa shape index (κ1) is 44.7. The molecule has 14 heteroatoms. The van der Waals surface area contributed by atoms with Crippen molar-refractivity contribution in [2.24, 2.45) is 14.1 Å². The number of carbonyl (C=O) groups is 3. The van der Waals surface area contributed by atoms with Crippen LogP contribution in [0.5, 0.6) is 5.75 Å². The number of aromatic nitrogens is 4. The number of benzene rings is 4. The molecule has 1 saturated heterocycles. The molecule has 0 unspecified atom stereocenters. The average molecular weight is 915 g/mol. The quantitative estimate of drug-likeness (QED) is 0.129. The van der Waals surface area contributed by atoms with E-state index in [4.69, 9.17) is 14.5 Å². The minimum Gasteiger partial charge on any atom is -0.492 e. The number of morpholine rings is 1. The Morgan fingerprint density at radius 3 is 2.41 bits per heavy atom. The van der Waals surface area contributed by atoms with Crippen molar-refractivity contribution in [1.29, 1.82) is 0 Å². The van der Waals surface area contributed by atoms with E-state index in [2.05, 4.69) is 29.1 Å². The van der Waals surface area contributed by atoms with Crippen molar-refractivity contribution < 1.29 is 28.2 Å². The van der Waals surface area contributed by atoms with Gasteiger partial charge in [-0.3, -0.25) is 28.9 Å². The lowest BCUT2D eigenvalue weighted by Crippen LogP contribution is -2.43. The van der Waals surface area contributed by atoms with Gasteiger partial charge in [0, 0.05) is 99.6 Å². The molecule has 3 amide bonds. The zero-order valence-corrected chi connectivity index (χ0v) is 39.0. The summed E-state index contributed by atoms with van der Waals surface area (Å²) in [5, 5.41) is 5.18. The van der Waals surface area contributed by atoms with Gasteiger partial charge in [0.1, 0.15) is 18.2 Å². The van der Waals surface area contributed by atoms with Crippen LogP contribution in [0.15, 0.2) is 110 Å². The molecule has 348 valence electrons. The van der Waals surface area contributed by atoms with Crippen LogP contribution in [0.2, 0.25) is 0 Å². The van der Waals surface area contributed by atoms with Gasteiger partial charge < -0.3 is 23.8 Å². The summed E-state index contributed by atoms with van der Waals surface area (Å²) < 4.78 is 30.4. The first-order valence-electron chi connectivity index (χ1n) is 23.4. The molecule has 3 aliphatic rings. The molecule has 0 N–H and O–H groups in total. The Balaban J connectivity index is 0.985. The van der Waals surface area contributed by atoms with Gasteiger partial charge in [-0.05, 0) is 96.5 Å². The lowest BCUT2D eigenvalue weighted by atomic mass is 9.87. The van der Waals surface area contributed by atoms with Crippen molar-refractivity contribution in [3.63, 3.8) is 0 Å². The Labute approximate surface area is 395 Å². The molecule has 10 rings (SSSR count). The fourth-order valence-electron chi connectivity index (χ4n) is 9.91. The zero-order valence-electron chi connectivity index (χ0n) is 39.0. The van der Waals surface area contributed by atoms with Gasteiger partial charge in [-0.1, -0.05) is 48.5 Å². The number of amides is 3. The van der Waals surface area contributed by atoms with Crippen LogP contribution in [0.25, 0.3) is 22.2 Å². The second-order valence-electron chi connectivity index (χ2n) is 18.2. The summed E-state index contributed by atoms with van der Waals surface area (Å²) in [4.78, 5) is 57.1. The highest BCUT2D eigenvalue weighted by Crippen LogP contribution is 2.39. The molecule has 68 heavy (non-hydrogen) atoms. The second-order valence-corrected chi connectivity index (χ2v) is 18.2. The van der Waals surface area contributed by atoms with Gasteiger partial charge in [0.05, 0.1) is 43.3 Å². The number of aryl methyl sites for hydroxylation is 2. The zero-order chi connectivity index (χ0) is 47.1. The maximum absolute atomic E-state index is 15.5. The SMILES string of the molecule is Cc1c(C(=O)N(c2ccccc2)c2cnc3c(cnn3C)c2)c(-c2cc3c(cc2C(=O)N2Cc4ccccc4C[C@H]2C)CN(C(=O)Cc2ccc(OCCN4CCOCC4)cc2F)CC3)cn1C. The number of nitrogens with zero attached hydrogens (tertiary/aromatic N) is 8. The van der Waals surface area contributed by atoms with E-state index in [-0.39, 0.29) is 36.7 Å². The third kappa shape index (κ3) is 8.77. The molecule has 1 fully saturated rings. The smallest absolute Gasteiger partial charge is 0.265 e. The van der Waals surface area contributed by atoms with Crippen LogP contribution in [-0.4, -0.2) is 104 Å². The lowest BCUT2D eigenvalue weighted by molar-refractivity contribution is -0.131. The monoisotopic (exact) mass is 914 g/mol. The summed E-state index contributed by atoms with van der Waals surface area (Å²) in [5.41, 5.74) is 9.28. The first-order chi connectivity index (χ1) is 33.0. The summed E-state index contributed by atoms with van der Waals surface area (Å²) >= 11 is 0. The number of hydrogen-bond acceptors (Lipinski definition) is 8. The molecule has 0 spiro atoms. The number of pyridine rings is 1. The third-order valence-electron chi connectivity index (χ3n) is 13.9. The highest BCUT2D eigenvalue weighted by atomic mass is 19.1. The normalized spacial score (nSPS) is 16.1. The first-order valence-corrected chi connectivity index (χ1v) is 23.4. The number of fused-ring (bicyclic) bond motifs is 3. The molecule has 7 aromatic rings. The Bertz CT molecular complexity index is 3050. The molecule has 4 aromatic carbocycles. The summed E-state index contributed by atoms with van der Waals surface area (Å²) in [6, 6.07) is 28.2. The van der Waals surface area contributed by atoms with Crippen molar-refractivity contribution in [2.75, 3.05) is 50.9 Å². The van der Waals surface area contributed by atoms with Crippen LogP contribution in [0.1, 0.15) is 61.2 Å². The number of para-hydroxylation sites is 1. The van der Waals surface area contributed by atoms with E-state index < -0.39 is 5.82 Å². The van der Waals surface area contributed by atoms with E-state index in [0.717, 1.165) is 47.4 Å². The van der Waals surface area contributed by atoms with Crippen molar-refractivity contribution in [3.05, 3.63) is 160 Å². The molecule has 3 aromatic heterocycles. The van der Waals surface area contributed by atoms with Crippen molar-refractivity contribution in [3.8, 4) is 16.9 Å². The minimum absolute atomic E-state index is 0.0992. The van der Waals surface area contributed by atoms with E-state index in [0.29, 0.717) is 96.3 Å². The summed E-state index contributed by atoms with van der Waals surface area (Å²) in [6.07, 6.45) is 6.47. The van der Waals surface area contributed by atoms with Gasteiger partial charge >= 0.3 is 0 Å². The Morgan fingerprint density at radius 2 is 1.62 bits per heavy atom. The molecule has 6 heterocycles. The predicted molar refractivity (Wildman–Crippen MR) is 258 cm³/mol. The fraction of sp³-hybridized carbons (Fsp3) is 0.315. The number of ether oxygens (including phenoxy) is 2. The minimum atomic E-state index is -0.488. The van der Waals surface area contributed by atoms with Crippen LogP contribution in [-0.2, 0) is 56.0 Å². The summed E-state index contributed by atoms with van der Waals surface area (Å²) in [7, 11) is 3.74.